The van der Waals surface area contributed by atoms with Crippen LogP contribution in [0.25, 0.3) is 0 Å². The Morgan fingerprint density at radius 2 is 1.46 bits per heavy atom. The summed E-state index contributed by atoms with van der Waals surface area (Å²) in [7, 11) is 0. The van der Waals surface area contributed by atoms with Gasteiger partial charge in [0.2, 0.25) is 11.8 Å². The number of hydrogen-bond donors (Lipinski definition) is 1. The van der Waals surface area contributed by atoms with Gasteiger partial charge >= 0.3 is 11.9 Å². The van der Waals surface area contributed by atoms with Crippen molar-refractivity contribution in [2.24, 2.45) is 22.7 Å². The highest BCUT2D eigenvalue weighted by atomic mass is 16.6. The summed E-state index contributed by atoms with van der Waals surface area (Å²) in [5.74, 6) is -3.43. The number of nitrogens with zero attached hydrogens (tertiary/aromatic N) is 1. The minimum absolute atomic E-state index is 0.0916. The molecule has 0 saturated carbocycles. The lowest BCUT2D eigenvalue weighted by Gasteiger charge is -2.35. The number of esters is 1. The smallest absolute Gasteiger partial charge is 0.345 e. The highest BCUT2D eigenvalue weighted by Gasteiger charge is 2.56. The fourth-order valence-electron chi connectivity index (χ4n) is 3.42. The van der Waals surface area contributed by atoms with Gasteiger partial charge in [-0.05, 0) is 17.3 Å². The molecule has 1 aliphatic rings. The molecule has 7 heteroatoms. The van der Waals surface area contributed by atoms with E-state index in [4.69, 9.17) is 9.84 Å². The molecule has 0 bridgehead atoms. The number of imide groups is 1. The Kier molecular flexibility index (Phi) is 6.60. The number of carboxylic acids is 1. The third-order valence-electron chi connectivity index (χ3n) is 4.72. The Hall–Kier alpha value is -1.92. The van der Waals surface area contributed by atoms with E-state index in [2.05, 4.69) is 0 Å². The number of aliphatic carboxylic acids is 1. The molecule has 7 nitrogen and oxygen atoms in total. The standard InChI is InChI=1S/C19H31NO6/c1-8-11(17(24)25)26-12(21)9-10-20-15(22)13(18(2,3)4)14(16(20)23)19(5,6)7/h11,13-14H,8-10H2,1-7H3,(H,24,25). The van der Waals surface area contributed by atoms with Crippen molar-refractivity contribution in [3.63, 3.8) is 0 Å². The van der Waals surface area contributed by atoms with Crippen LogP contribution in [0.2, 0.25) is 0 Å². The van der Waals surface area contributed by atoms with Crippen LogP contribution in [0.1, 0.15) is 61.3 Å². The molecule has 3 atom stereocenters. The Morgan fingerprint density at radius 1 is 1.04 bits per heavy atom. The molecule has 1 fully saturated rings. The number of amides is 2. The predicted octanol–water partition coefficient (Wildman–Crippen LogP) is 2.48. The molecule has 0 aromatic carbocycles. The van der Waals surface area contributed by atoms with Crippen molar-refractivity contribution in [1.82, 2.24) is 4.90 Å². The SMILES string of the molecule is CCC(OC(=O)CCN1C(=O)C(C(C)(C)C)C(C(C)(C)C)C1=O)C(=O)O. The number of likely N-dealkylation sites (tertiary alicyclic amines) is 1. The highest BCUT2D eigenvalue weighted by Crippen LogP contribution is 2.47. The van der Waals surface area contributed by atoms with Gasteiger partial charge in [-0.3, -0.25) is 19.3 Å². The van der Waals surface area contributed by atoms with E-state index in [-0.39, 0.29) is 31.2 Å². The van der Waals surface area contributed by atoms with Gasteiger partial charge in [0, 0.05) is 6.54 Å². The monoisotopic (exact) mass is 369 g/mol. The maximum absolute atomic E-state index is 12.9. The molecule has 0 spiro atoms. The summed E-state index contributed by atoms with van der Waals surface area (Å²) in [5.41, 5.74) is -0.785. The quantitative estimate of drug-likeness (QED) is 0.570. The minimum Gasteiger partial charge on any atom is -0.479 e. The Morgan fingerprint density at radius 3 is 1.77 bits per heavy atom. The average molecular weight is 369 g/mol. The van der Waals surface area contributed by atoms with Gasteiger partial charge in [0.05, 0.1) is 18.3 Å². The van der Waals surface area contributed by atoms with Crippen LogP contribution in [0.5, 0.6) is 0 Å². The van der Waals surface area contributed by atoms with Crippen LogP contribution in [-0.4, -0.2) is 46.4 Å². The highest BCUT2D eigenvalue weighted by molar-refractivity contribution is 6.06. The van der Waals surface area contributed by atoms with Crippen molar-refractivity contribution in [2.75, 3.05) is 6.54 Å². The summed E-state index contributed by atoms with van der Waals surface area (Å²) < 4.78 is 4.89. The second kappa shape index (κ2) is 7.76. The minimum atomic E-state index is -1.21. The zero-order valence-corrected chi connectivity index (χ0v) is 16.8. The average Bonchev–Trinajstić information content (AvgIpc) is 2.73. The zero-order chi connectivity index (χ0) is 20.4. The molecule has 1 heterocycles. The molecule has 1 saturated heterocycles. The molecule has 0 aromatic rings. The molecule has 1 N–H and O–H groups in total. The number of ether oxygens (including phenoxy) is 1. The second-order valence-electron chi connectivity index (χ2n) is 8.99. The summed E-state index contributed by atoms with van der Waals surface area (Å²) in [4.78, 5) is 49.7. The van der Waals surface area contributed by atoms with E-state index >= 15 is 0 Å². The molecule has 1 rings (SSSR count). The van der Waals surface area contributed by atoms with Gasteiger partial charge in [-0.1, -0.05) is 48.5 Å². The van der Waals surface area contributed by atoms with Crippen molar-refractivity contribution >= 4 is 23.8 Å². The van der Waals surface area contributed by atoms with Crippen LogP contribution in [0.3, 0.4) is 0 Å². The number of carbonyl (C=O) groups is 4. The van der Waals surface area contributed by atoms with Gasteiger partial charge in [-0.15, -0.1) is 0 Å². The molecule has 148 valence electrons. The van der Waals surface area contributed by atoms with Gasteiger partial charge in [-0.2, -0.15) is 0 Å². The molecule has 3 unspecified atom stereocenters. The molecular weight excluding hydrogens is 338 g/mol. The van der Waals surface area contributed by atoms with Gasteiger partial charge in [-0.25, -0.2) is 4.79 Å². The molecule has 2 amide bonds. The maximum atomic E-state index is 12.9. The van der Waals surface area contributed by atoms with E-state index < -0.39 is 40.7 Å². The maximum Gasteiger partial charge on any atom is 0.345 e. The van der Waals surface area contributed by atoms with Crippen molar-refractivity contribution in [3.8, 4) is 0 Å². The van der Waals surface area contributed by atoms with E-state index in [0.29, 0.717) is 0 Å². The first-order valence-electron chi connectivity index (χ1n) is 8.99. The first kappa shape index (κ1) is 22.1. The van der Waals surface area contributed by atoms with E-state index in [1.165, 1.54) is 0 Å². The second-order valence-corrected chi connectivity index (χ2v) is 8.99. The molecule has 1 aliphatic heterocycles. The summed E-state index contributed by atoms with van der Waals surface area (Å²) >= 11 is 0. The topological polar surface area (TPSA) is 101 Å². The van der Waals surface area contributed by atoms with Crippen molar-refractivity contribution < 1.29 is 29.0 Å². The van der Waals surface area contributed by atoms with Crippen LogP contribution in [0.4, 0.5) is 0 Å². The lowest BCUT2D eigenvalue weighted by molar-refractivity contribution is -0.164. The van der Waals surface area contributed by atoms with Crippen molar-refractivity contribution in [3.05, 3.63) is 0 Å². The Balaban J connectivity index is 2.91. The summed E-state index contributed by atoms with van der Waals surface area (Å²) in [5, 5.41) is 8.94. The van der Waals surface area contributed by atoms with E-state index in [1.54, 1.807) is 6.92 Å². The fourth-order valence-corrected chi connectivity index (χ4v) is 3.42. The third-order valence-corrected chi connectivity index (χ3v) is 4.72. The lowest BCUT2D eigenvalue weighted by Crippen LogP contribution is -2.38. The van der Waals surface area contributed by atoms with Crippen LogP contribution in [0, 0.1) is 22.7 Å². The molecule has 26 heavy (non-hydrogen) atoms. The van der Waals surface area contributed by atoms with E-state index in [1.807, 2.05) is 41.5 Å². The molecule has 0 aromatic heterocycles. The van der Waals surface area contributed by atoms with E-state index in [9.17, 15) is 19.2 Å². The first-order chi connectivity index (χ1) is 11.7. The number of hydrogen-bond acceptors (Lipinski definition) is 5. The lowest BCUT2D eigenvalue weighted by atomic mass is 9.65. The number of carbonyl (C=O) groups excluding carboxylic acids is 3. The van der Waals surface area contributed by atoms with Crippen LogP contribution in [-0.2, 0) is 23.9 Å². The Labute approximate surface area is 155 Å². The zero-order valence-electron chi connectivity index (χ0n) is 16.8. The molecular formula is C19H31NO6. The number of rotatable bonds is 6. The van der Waals surface area contributed by atoms with Gasteiger partial charge < -0.3 is 9.84 Å². The van der Waals surface area contributed by atoms with Crippen LogP contribution < -0.4 is 0 Å². The fraction of sp³-hybridized carbons (Fsp3) is 0.789. The molecule has 0 radical (unpaired) electrons. The van der Waals surface area contributed by atoms with Gasteiger partial charge in [0.25, 0.3) is 0 Å². The number of carboxylic acid groups (broad SMARTS) is 1. The van der Waals surface area contributed by atoms with Gasteiger partial charge in [0.1, 0.15) is 0 Å². The largest absolute Gasteiger partial charge is 0.479 e. The van der Waals surface area contributed by atoms with Crippen molar-refractivity contribution in [1.29, 1.82) is 0 Å². The van der Waals surface area contributed by atoms with E-state index in [0.717, 1.165) is 4.90 Å². The van der Waals surface area contributed by atoms with Crippen molar-refractivity contribution in [2.45, 2.75) is 67.4 Å². The first-order valence-corrected chi connectivity index (χ1v) is 8.99. The van der Waals surface area contributed by atoms with Crippen LogP contribution >= 0.6 is 0 Å². The van der Waals surface area contributed by atoms with Gasteiger partial charge in [0.15, 0.2) is 6.10 Å². The van der Waals surface area contributed by atoms with Crippen LogP contribution in [0.15, 0.2) is 0 Å². The molecule has 0 aliphatic carbocycles. The summed E-state index contributed by atoms with van der Waals surface area (Å²) in [6.45, 7) is 13.1. The normalized spacial score (nSPS) is 22.5. The Bertz CT molecular complexity index is 552. The predicted molar refractivity (Wildman–Crippen MR) is 95.0 cm³/mol. The summed E-state index contributed by atoms with van der Waals surface area (Å²) in [6.07, 6.45) is -1.27. The third kappa shape index (κ3) is 4.83. The summed E-state index contributed by atoms with van der Waals surface area (Å²) in [6, 6.07) is 0.